The third-order valence-electron chi connectivity index (χ3n) is 15.4. The molecule has 4 aromatic carbocycles. The van der Waals surface area contributed by atoms with Crippen LogP contribution in [-0.4, -0.2) is 6.94 Å². The molecule has 0 saturated heterocycles. The van der Waals surface area contributed by atoms with E-state index in [9.17, 15) is 0 Å². The second kappa shape index (κ2) is 13.3. The molecule has 0 heterocycles. The van der Waals surface area contributed by atoms with Crippen molar-refractivity contribution in [1.82, 2.24) is 0 Å². The topological polar surface area (TPSA) is 0 Å². The zero-order chi connectivity index (χ0) is 39.4. The summed E-state index contributed by atoms with van der Waals surface area (Å²) >= 11 is -5.22. The standard InChI is InChI=1S/2C20H21.2C5H11.2CH3.Hf.H2Si/c2*1-14-13-16(20(2,3)4)11-12-17(14)19-10-6-8-15-7-5-9-18(15)19;2*1-3-5-4-2;;;;/h2*5-13H,1-4H3;2*1,3-5H2,2H3;2*1H3;;1H2. The van der Waals surface area contributed by atoms with Gasteiger partial charge in [-0.3, -0.25) is 0 Å². The van der Waals surface area contributed by atoms with Crippen molar-refractivity contribution >= 4 is 19.1 Å². The molecule has 0 aromatic heterocycles. The van der Waals surface area contributed by atoms with Gasteiger partial charge in [0.1, 0.15) is 0 Å². The van der Waals surface area contributed by atoms with Gasteiger partial charge in [-0.15, -0.1) is 0 Å². The third kappa shape index (κ3) is 6.72. The van der Waals surface area contributed by atoms with Crippen molar-refractivity contribution in [2.75, 3.05) is 0 Å². The number of benzene rings is 4. The number of hydrogen-bond acceptors (Lipinski definition) is 0. The molecular formula is C52H72HfSi. The molecule has 0 radical (unpaired) electrons. The van der Waals surface area contributed by atoms with E-state index < -0.39 is 14.2 Å². The Balaban J connectivity index is 1.59. The van der Waals surface area contributed by atoms with E-state index in [1.165, 1.54) is 103 Å². The summed E-state index contributed by atoms with van der Waals surface area (Å²) < 4.78 is 9.54. The third-order valence-corrected chi connectivity index (χ3v) is 72.0. The van der Waals surface area contributed by atoms with Crippen LogP contribution in [0.15, 0.2) is 84.9 Å². The molecule has 4 aromatic rings. The van der Waals surface area contributed by atoms with Crippen LogP contribution in [0.5, 0.6) is 0 Å². The van der Waals surface area contributed by atoms with Gasteiger partial charge < -0.3 is 0 Å². The van der Waals surface area contributed by atoms with Crippen LogP contribution >= 0.6 is 0 Å². The first-order valence-corrected chi connectivity index (χ1v) is 46.2. The minimum absolute atomic E-state index is 0.135. The van der Waals surface area contributed by atoms with Crippen molar-refractivity contribution in [2.24, 2.45) is 0 Å². The molecule has 6 rings (SSSR count). The van der Waals surface area contributed by atoms with Crippen molar-refractivity contribution in [3.05, 3.63) is 129 Å². The van der Waals surface area contributed by atoms with Gasteiger partial charge in [0, 0.05) is 0 Å². The van der Waals surface area contributed by atoms with E-state index in [1.807, 2.05) is 0 Å². The van der Waals surface area contributed by atoms with E-state index in [1.54, 1.807) is 11.1 Å². The Labute approximate surface area is 326 Å². The van der Waals surface area contributed by atoms with E-state index in [2.05, 4.69) is 183 Å². The Morgan fingerprint density at radius 2 is 0.926 bits per heavy atom. The monoisotopic (exact) mass is 904 g/mol. The fourth-order valence-corrected chi connectivity index (χ4v) is 61.3. The van der Waals surface area contributed by atoms with Gasteiger partial charge in [0.15, 0.2) is 0 Å². The number of unbranched alkanes of at least 4 members (excludes halogenated alkanes) is 4. The van der Waals surface area contributed by atoms with Gasteiger partial charge in [-0.05, 0) is 0 Å². The quantitative estimate of drug-likeness (QED) is 0.0982. The van der Waals surface area contributed by atoms with Crippen LogP contribution in [0.2, 0.25) is 17.7 Å². The summed E-state index contributed by atoms with van der Waals surface area (Å²) in [5.74, 6) is 0. The van der Waals surface area contributed by atoms with Crippen molar-refractivity contribution in [3.63, 3.8) is 0 Å². The number of allylic oxidation sites excluding steroid dienone is 2. The first-order valence-electron chi connectivity index (χ1n) is 21.5. The Kier molecular flexibility index (Phi) is 10.1. The zero-order valence-electron chi connectivity index (χ0n) is 36.3. The summed E-state index contributed by atoms with van der Waals surface area (Å²) in [6, 6.07) is 29.1. The molecule has 0 spiro atoms. The second-order valence-corrected chi connectivity index (χ2v) is 99.7. The van der Waals surface area contributed by atoms with Crippen molar-refractivity contribution < 1.29 is 14.2 Å². The molecular weight excluding hydrogens is 831 g/mol. The summed E-state index contributed by atoms with van der Waals surface area (Å²) in [7, 11) is 0. The molecule has 0 bridgehead atoms. The average molecular weight is 904 g/mol. The van der Waals surface area contributed by atoms with Crippen LogP contribution in [0, 0.1) is 13.8 Å². The summed E-state index contributed by atoms with van der Waals surface area (Å²) in [6.07, 6.45) is 18.4. The fourth-order valence-electron chi connectivity index (χ4n) is 11.7. The first-order chi connectivity index (χ1) is 25.1. The van der Waals surface area contributed by atoms with E-state index >= 15 is 0 Å². The van der Waals surface area contributed by atoms with Gasteiger partial charge >= 0.3 is 329 Å². The maximum atomic E-state index is 2.98. The van der Waals surface area contributed by atoms with Crippen molar-refractivity contribution in [1.29, 1.82) is 0 Å². The predicted octanol–water partition coefficient (Wildman–Crippen LogP) is 15.7. The Bertz CT molecular complexity index is 2130. The van der Waals surface area contributed by atoms with Gasteiger partial charge in [0.2, 0.25) is 0 Å². The summed E-state index contributed by atoms with van der Waals surface area (Å²) in [4.78, 5) is 0. The second-order valence-electron chi connectivity index (χ2n) is 22.7. The minimum atomic E-state index is -5.22. The van der Waals surface area contributed by atoms with Crippen LogP contribution in [0.1, 0.15) is 146 Å². The molecule has 0 aliphatic heterocycles. The fraction of sp³-hybridized carbons (Fsp3) is 0.462. The molecule has 0 fully saturated rings. The van der Waals surface area contributed by atoms with E-state index in [4.69, 9.17) is 0 Å². The summed E-state index contributed by atoms with van der Waals surface area (Å²) in [5, 5.41) is 0. The molecule has 0 N–H and O–H groups in total. The molecule has 2 unspecified atom stereocenters. The van der Waals surface area contributed by atoms with Gasteiger partial charge in [-0.1, -0.05) is 0 Å². The zero-order valence-corrected chi connectivity index (χ0v) is 41.3. The van der Waals surface area contributed by atoms with E-state index in [0.717, 1.165) is 0 Å². The van der Waals surface area contributed by atoms with Crippen LogP contribution in [0.4, 0.5) is 0 Å². The molecule has 288 valence electrons. The first kappa shape index (κ1) is 41.1. The molecule has 0 nitrogen and oxygen atoms in total. The van der Waals surface area contributed by atoms with Crippen LogP contribution < -0.4 is 0 Å². The van der Waals surface area contributed by atoms with Crippen LogP contribution in [0.3, 0.4) is 0 Å². The van der Waals surface area contributed by atoms with Gasteiger partial charge in [-0.25, -0.2) is 0 Å². The normalized spacial score (nSPS) is 18.9. The molecule has 0 amide bonds. The maximum absolute atomic E-state index is 5.22. The molecule has 0 saturated carbocycles. The predicted molar refractivity (Wildman–Crippen MR) is 243 cm³/mol. The van der Waals surface area contributed by atoms with Crippen molar-refractivity contribution in [2.45, 2.75) is 144 Å². The number of aryl methyl sites for hydroxylation is 2. The Morgan fingerprint density at radius 1 is 0.537 bits per heavy atom. The molecule has 2 heteroatoms. The molecule has 54 heavy (non-hydrogen) atoms. The van der Waals surface area contributed by atoms with E-state index in [0.29, 0.717) is 7.35 Å². The van der Waals surface area contributed by atoms with E-state index in [-0.39, 0.29) is 10.8 Å². The van der Waals surface area contributed by atoms with Crippen LogP contribution in [-0.2, 0) is 25.0 Å². The number of rotatable bonds is 12. The summed E-state index contributed by atoms with van der Waals surface area (Å²) in [6.45, 7) is 26.0. The van der Waals surface area contributed by atoms with Gasteiger partial charge in [0.25, 0.3) is 0 Å². The molecule has 2 aliphatic rings. The SMILES string of the molecule is CCCC[CH2][Hf]([CH3])([CH3])(=[SiH2])([CH2]CCCC)([CH]1C=Cc2c(-c3ccc(C(C)(C)C)cc3C)cccc21)[CH]1C=Cc2c(-c3ccc(C(C)(C)C)cc3C)cccc21. The van der Waals surface area contributed by atoms with Crippen molar-refractivity contribution in [3.8, 4) is 22.3 Å². The molecule has 2 aliphatic carbocycles. The van der Waals surface area contributed by atoms with Crippen LogP contribution in [0.25, 0.3) is 34.4 Å². The number of hydrogen-bond donors (Lipinski definition) is 0. The molecule has 2 atom stereocenters. The summed E-state index contributed by atoms with van der Waals surface area (Å²) in [5.41, 5.74) is 17.5. The van der Waals surface area contributed by atoms with Gasteiger partial charge in [0.05, 0.1) is 0 Å². The average Bonchev–Trinajstić information content (AvgIpc) is 3.75. The Hall–Kier alpha value is -2.55. The van der Waals surface area contributed by atoms with Gasteiger partial charge in [-0.2, -0.15) is 0 Å². The Morgan fingerprint density at radius 3 is 1.26 bits per heavy atom. The number of fused-ring (bicyclic) bond motifs is 2.